The van der Waals surface area contributed by atoms with E-state index in [9.17, 15) is 29.4 Å². The lowest BCUT2D eigenvalue weighted by Gasteiger charge is -2.23. The Morgan fingerprint density at radius 3 is 1.20 bits per heavy atom. The van der Waals surface area contributed by atoms with Crippen molar-refractivity contribution in [2.24, 2.45) is 0 Å². The van der Waals surface area contributed by atoms with Crippen LogP contribution in [-0.2, 0) is 28.5 Å². The molecular weight excluding hydrogens is 400 g/mol. The molecule has 0 aliphatic rings. The Bertz CT molecular complexity index is 840. The van der Waals surface area contributed by atoms with E-state index in [0.29, 0.717) is 0 Å². The van der Waals surface area contributed by atoms with E-state index < -0.39 is 36.1 Å². The summed E-state index contributed by atoms with van der Waals surface area (Å²) < 4.78 is 19.2. The van der Waals surface area contributed by atoms with Crippen LogP contribution in [0.25, 0.3) is 0 Å². The molecular formula is C20H18O10. The molecule has 0 radical (unpaired) electrons. The van der Waals surface area contributed by atoms with Crippen molar-refractivity contribution in [2.75, 3.05) is 14.2 Å². The molecule has 2 atom stereocenters. The van der Waals surface area contributed by atoms with Crippen LogP contribution in [0.3, 0.4) is 0 Å². The average Bonchev–Trinajstić information content (AvgIpc) is 2.75. The van der Waals surface area contributed by atoms with Crippen LogP contribution in [0.5, 0.6) is 11.5 Å². The van der Waals surface area contributed by atoms with E-state index in [1.165, 1.54) is 48.5 Å². The first kappa shape index (κ1) is 22.2. The number of aromatic hydroxyl groups is 2. The van der Waals surface area contributed by atoms with E-state index >= 15 is 0 Å². The number of ether oxygens (including phenoxy) is 4. The summed E-state index contributed by atoms with van der Waals surface area (Å²) in [4.78, 5) is 49.1. The Morgan fingerprint density at radius 1 is 0.633 bits per heavy atom. The van der Waals surface area contributed by atoms with E-state index in [2.05, 4.69) is 9.47 Å². The molecule has 0 bridgehead atoms. The van der Waals surface area contributed by atoms with Crippen molar-refractivity contribution in [1.82, 2.24) is 0 Å². The van der Waals surface area contributed by atoms with E-state index in [0.717, 1.165) is 14.2 Å². The van der Waals surface area contributed by atoms with Crippen molar-refractivity contribution in [3.63, 3.8) is 0 Å². The van der Waals surface area contributed by atoms with E-state index in [4.69, 9.17) is 9.47 Å². The molecule has 0 fully saturated rings. The molecule has 0 amide bonds. The van der Waals surface area contributed by atoms with Crippen molar-refractivity contribution in [3.8, 4) is 11.5 Å². The molecule has 0 heterocycles. The van der Waals surface area contributed by atoms with Crippen molar-refractivity contribution in [1.29, 1.82) is 0 Å². The largest absolute Gasteiger partial charge is 0.508 e. The lowest BCUT2D eigenvalue weighted by Crippen LogP contribution is -2.47. The minimum Gasteiger partial charge on any atom is -0.508 e. The molecule has 2 aromatic rings. The monoisotopic (exact) mass is 418 g/mol. The molecule has 2 rings (SSSR count). The fourth-order valence-electron chi connectivity index (χ4n) is 2.26. The van der Waals surface area contributed by atoms with Crippen molar-refractivity contribution in [3.05, 3.63) is 59.7 Å². The third kappa shape index (κ3) is 5.47. The molecule has 0 aromatic heterocycles. The zero-order chi connectivity index (χ0) is 22.3. The Kier molecular flexibility index (Phi) is 7.34. The van der Waals surface area contributed by atoms with Gasteiger partial charge in [0, 0.05) is 0 Å². The van der Waals surface area contributed by atoms with Gasteiger partial charge in [0.15, 0.2) is 0 Å². The van der Waals surface area contributed by atoms with Gasteiger partial charge in [-0.25, -0.2) is 19.2 Å². The van der Waals surface area contributed by atoms with Gasteiger partial charge in [-0.3, -0.25) is 0 Å². The highest BCUT2D eigenvalue weighted by Gasteiger charge is 2.42. The number of carbonyl (C=O) groups is 4. The summed E-state index contributed by atoms with van der Waals surface area (Å²) in [5.41, 5.74) is -0.0923. The molecule has 10 nitrogen and oxygen atoms in total. The summed E-state index contributed by atoms with van der Waals surface area (Å²) in [6.07, 6.45) is -3.94. The van der Waals surface area contributed by atoms with Crippen LogP contribution in [0.2, 0.25) is 0 Å². The molecule has 0 unspecified atom stereocenters. The van der Waals surface area contributed by atoms with Crippen LogP contribution in [0.1, 0.15) is 20.7 Å². The van der Waals surface area contributed by atoms with E-state index in [1.807, 2.05) is 0 Å². The second-order valence-corrected chi connectivity index (χ2v) is 5.79. The highest BCUT2D eigenvalue weighted by Crippen LogP contribution is 2.17. The maximum atomic E-state index is 12.4. The van der Waals surface area contributed by atoms with Crippen molar-refractivity contribution in [2.45, 2.75) is 12.2 Å². The minimum atomic E-state index is -1.97. The fraction of sp³-hybridized carbons (Fsp3) is 0.200. The van der Waals surface area contributed by atoms with Crippen LogP contribution in [0.15, 0.2) is 48.5 Å². The maximum Gasteiger partial charge on any atom is 0.351 e. The first-order valence-electron chi connectivity index (χ1n) is 8.42. The lowest BCUT2D eigenvalue weighted by atomic mass is 10.1. The number of esters is 4. The van der Waals surface area contributed by atoms with E-state index in [-0.39, 0.29) is 22.6 Å². The van der Waals surface area contributed by atoms with Gasteiger partial charge in [0.25, 0.3) is 0 Å². The molecule has 10 heteroatoms. The minimum absolute atomic E-state index is 0.0461. The van der Waals surface area contributed by atoms with Gasteiger partial charge in [0.2, 0.25) is 12.2 Å². The molecule has 0 aliphatic heterocycles. The molecule has 158 valence electrons. The van der Waals surface area contributed by atoms with Gasteiger partial charge < -0.3 is 29.2 Å². The van der Waals surface area contributed by atoms with Gasteiger partial charge in [0.1, 0.15) is 11.5 Å². The number of hydrogen-bond donors (Lipinski definition) is 2. The third-order valence-electron chi connectivity index (χ3n) is 3.82. The molecule has 2 N–H and O–H groups in total. The summed E-state index contributed by atoms with van der Waals surface area (Å²) in [6, 6.07) is 9.75. The summed E-state index contributed by atoms with van der Waals surface area (Å²) in [7, 11) is 1.97. The van der Waals surface area contributed by atoms with Crippen LogP contribution >= 0.6 is 0 Å². The van der Waals surface area contributed by atoms with Gasteiger partial charge in [-0.05, 0) is 48.5 Å². The van der Waals surface area contributed by atoms with Crippen LogP contribution in [-0.4, -0.2) is 60.5 Å². The molecule has 0 saturated heterocycles. The summed E-state index contributed by atoms with van der Waals surface area (Å²) >= 11 is 0. The fourth-order valence-corrected chi connectivity index (χ4v) is 2.26. The Hall–Kier alpha value is -4.08. The van der Waals surface area contributed by atoms with Crippen LogP contribution in [0.4, 0.5) is 0 Å². The summed E-state index contributed by atoms with van der Waals surface area (Å²) in [6.45, 7) is 0. The Labute approximate surface area is 170 Å². The summed E-state index contributed by atoms with van der Waals surface area (Å²) in [5.74, 6) is -4.63. The van der Waals surface area contributed by atoms with Gasteiger partial charge in [0.05, 0.1) is 25.3 Å². The zero-order valence-electron chi connectivity index (χ0n) is 15.9. The van der Waals surface area contributed by atoms with Gasteiger partial charge >= 0.3 is 23.9 Å². The number of methoxy groups -OCH3 is 2. The molecule has 30 heavy (non-hydrogen) atoms. The summed E-state index contributed by atoms with van der Waals surface area (Å²) in [5, 5.41) is 18.6. The maximum absolute atomic E-state index is 12.4. The number of benzene rings is 2. The topological polar surface area (TPSA) is 146 Å². The van der Waals surface area contributed by atoms with Gasteiger partial charge in [-0.2, -0.15) is 0 Å². The molecule has 2 aromatic carbocycles. The quantitative estimate of drug-likeness (QED) is 0.497. The second-order valence-electron chi connectivity index (χ2n) is 5.79. The van der Waals surface area contributed by atoms with Crippen LogP contribution < -0.4 is 0 Å². The van der Waals surface area contributed by atoms with Crippen molar-refractivity contribution >= 4 is 23.9 Å². The number of rotatable bonds is 7. The number of carbonyl (C=O) groups excluding carboxylic acids is 4. The Balaban J connectivity index is 2.30. The van der Waals surface area contributed by atoms with Crippen LogP contribution in [0, 0.1) is 0 Å². The predicted molar refractivity (Wildman–Crippen MR) is 98.7 cm³/mol. The molecule has 0 aliphatic carbocycles. The second kappa shape index (κ2) is 9.92. The number of phenolic OH excluding ortho intramolecular Hbond substituents is 2. The third-order valence-corrected chi connectivity index (χ3v) is 3.82. The standard InChI is InChI=1S/C20H18O10/c1-27-19(25)15(29-17(23)11-3-7-13(21)8-4-11)16(20(26)28-2)30-18(24)12-5-9-14(22)10-6-12/h3-10,15-16,21-22H,1-2H3/t15-,16-/m1/s1. The Morgan fingerprint density at radius 2 is 0.933 bits per heavy atom. The number of phenols is 2. The van der Waals surface area contributed by atoms with E-state index in [1.54, 1.807) is 0 Å². The normalized spacial score (nSPS) is 12.2. The molecule has 0 saturated carbocycles. The first-order valence-corrected chi connectivity index (χ1v) is 8.42. The lowest BCUT2D eigenvalue weighted by molar-refractivity contribution is -0.170. The SMILES string of the molecule is COC(=O)[C@H](OC(=O)c1ccc(O)cc1)[C@@H](OC(=O)c1ccc(O)cc1)C(=O)OC. The van der Waals surface area contributed by atoms with Gasteiger partial charge in [-0.1, -0.05) is 0 Å². The molecule has 0 spiro atoms. The average molecular weight is 418 g/mol. The predicted octanol–water partition coefficient (Wildman–Crippen LogP) is 1.19. The highest BCUT2D eigenvalue weighted by atomic mass is 16.6. The zero-order valence-corrected chi connectivity index (χ0v) is 15.9. The highest BCUT2D eigenvalue weighted by molar-refractivity contribution is 5.96. The number of hydrogen-bond acceptors (Lipinski definition) is 10. The first-order chi connectivity index (χ1) is 14.3. The van der Waals surface area contributed by atoms with Gasteiger partial charge in [-0.15, -0.1) is 0 Å². The van der Waals surface area contributed by atoms with Crippen molar-refractivity contribution < 1.29 is 48.3 Å². The smallest absolute Gasteiger partial charge is 0.351 e.